The normalized spacial score (nSPS) is 26.9. The van der Waals surface area contributed by atoms with E-state index in [2.05, 4.69) is 26.1 Å². The molecule has 1 heterocycles. The lowest BCUT2D eigenvalue weighted by molar-refractivity contribution is -0.136. The third-order valence-electron chi connectivity index (χ3n) is 4.39. The predicted molar refractivity (Wildman–Crippen MR) is 74.5 cm³/mol. The molecule has 19 heavy (non-hydrogen) atoms. The van der Waals surface area contributed by atoms with E-state index in [0.29, 0.717) is 18.9 Å². The van der Waals surface area contributed by atoms with Gasteiger partial charge in [-0.3, -0.25) is 9.59 Å². The van der Waals surface area contributed by atoms with Crippen LogP contribution >= 0.6 is 0 Å². The van der Waals surface area contributed by atoms with Gasteiger partial charge in [-0.15, -0.1) is 0 Å². The van der Waals surface area contributed by atoms with Crippen molar-refractivity contribution in [1.29, 1.82) is 0 Å². The second kappa shape index (κ2) is 5.51. The molecule has 0 bridgehead atoms. The van der Waals surface area contributed by atoms with Gasteiger partial charge in [0.25, 0.3) is 0 Å². The van der Waals surface area contributed by atoms with Gasteiger partial charge in [0, 0.05) is 19.5 Å². The Labute approximate surface area is 115 Å². The van der Waals surface area contributed by atoms with E-state index >= 15 is 0 Å². The van der Waals surface area contributed by atoms with Crippen molar-refractivity contribution in [2.24, 2.45) is 11.3 Å². The largest absolute Gasteiger partial charge is 0.344 e. The van der Waals surface area contributed by atoms with Crippen LogP contribution in [0.2, 0.25) is 0 Å². The second-order valence-electron chi connectivity index (χ2n) is 6.92. The molecule has 2 aliphatic rings. The first-order chi connectivity index (χ1) is 8.89. The van der Waals surface area contributed by atoms with E-state index in [1.165, 1.54) is 19.3 Å². The maximum absolute atomic E-state index is 12.6. The summed E-state index contributed by atoms with van der Waals surface area (Å²) in [6.45, 7) is 7.81. The van der Waals surface area contributed by atoms with E-state index in [1.807, 2.05) is 4.90 Å². The minimum Gasteiger partial charge on any atom is -0.344 e. The third kappa shape index (κ3) is 3.48. The molecule has 1 aliphatic heterocycles. The molecule has 4 nitrogen and oxygen atoms in total. The Bertz CT molecular complexity index is 361. The van der Waals surface area contributed by atoms with Crippen molar-refractivity contribution in [3.05, 3.63) is 0 Å². The quantitative estimate of drug-likeness (QED) is 0.845. The molecule has 1 unspecified atom stereocenters. The van der Waals surface area contributed by atoms with Gasteiger partial charge in [-0.05, 0) is 30.6 Å². The molecule has 2 fully saturated rings. The van der Waals surface area contributed by atoms with E-state index < -0.39 is 0 Å². The van der Waals surface area contributed by atoms with Crippen LogP contribution in [0.25, 0.3) is 0 Å². The molecule has 1 aliphatic carbocycles. The molecule has 0 aromatic carbocycles. The fraction of sp³-hybridized carbons (Fsp3) is 0.867. The number of carbonyl (C=O) groups is 2. The summed E-state index contributed by atoms with van der Waals surface area (Å²) in [6.07, 6.45) is 4.85. The fourth-order valence-corrected chi connectivity index (χ4v) is 3.08. The summed E-state index contributed by atoms with van der Waals surface area (Å²) in [5.41, 5.74) is 0.283. The van der Waals surface area contributed by atoms with E-state index in [9.17, 15) is 9.59 Å². The van der Waals surface area contributed by atoms with Crippen molar-refractivity contribution in [2.75, 3.05) is 13.1 Å². The van der Waals surface area contributed by atoms with Crippen molar-refractivity contribution in [1.82, 2.24) is 10.2 Å². The lowest BCUT2D eigenvalue weighted by atomic mass is 9.70. The summed E-state index contributed by atoms with van der Waals surface area (Å²) in [5.74, 6) is 0.543. The van der Waals surface area contributed by atoms with Gasteiger partial charge < -0.3 is 10.2 Å². The summed E-state index contributed by atoms with van der Waals surface area (Å²) < 4.78 is 0. The van der Waals surface area contributed by atoms with Crippen LogP contribution in [0.1, 0.15) is 52.9 Å². The number of hydrogen-bond acceptors (Lipinski definition) is 2. The van der Waals surface area contributed by atoms with Crippen molar-refractivity contribution in [2.45, 2.75) is 58.9 Å². The number of nitrogens with one attached hydrogen (secondary N) is 1. The van der Waals surface area contributed by atoms with Crippen LogP contribution in [0.15, 0.2) is 0 Å². The average molecular weight is 266 g/mol. The van der Waals surface area contributed by atoms with Crippen LogP contribution in [0, 0.1) is 11.3 Å². The Morgan fingerprint density at radius 3 is 2.58 bits per heavy atom. The Hall–Kier alpha value is -1.06. The molecule has 1 saturated heterocycles. The van der Waals surface area contributed by atoms with Gasteiger partial charge >= 0.3 is 0 Å². The number of hydrogen-bond donors (Lipinski definition) is 1. The standard InChI is InChI=1S/C15H26N2O2/c1-11(2)9-12-14(19)17(8-5-13(18)16-12)10-15(3)6-4-7-15/h11-12H,4-10H2,1-3H3,(H,16,18). The van der Waals surface area contributed by atoms with Gasteiger partial charge in [-0.2, -0.15) is 0 Å². The third-order valence-corrected chi connectivity index (χ3v) is 4.39. The summed E-state index contributed by atoms with van der Waals surface area (Å²) in [4.78, 5) is 26.2. The van der Waals surface area contributed by atoms with E-state index in [-0.39, 0.29) is 23.3 Å². The summed E-state index contributed by atoms with van der Waals surface area (Å²) >= 11 is 0. The number of carbonyl (C=O) groups excluding carboxylic acids is 2. The number of rotatable bonds is 4. The molecule has 0 spiro atoms. The van der Waals surface area contributed by atoms with Crippen molar-refractivity contribution >= 4 is 11.8 Å². The van der Waals surface area contributed by atoms with Crippen molar-refractivity contribution in [3.8, 4) is 0 Å². The number of nitrogens with zero attached hydrogens (tertiary/aromatic N) is 1. The fourth-order valence-electron chi connectivity index (χ4n) is 3.08. The van der Waals surface area contributed by atoms with E-state index in [0.717, 1.165) is 13.0 Å². The SMILES string of the molecule is CC(C)CC1NC(=O)CCN(CC2(C)CCC2)C1=O. The molecule has 0 aromatic heterocycles. The van der Waals surface area contributed by atoms with Gasteiger partial charge in [0.15, 0.2) is 0 Å². The zero-order valence-electron chi connectivity index (χ0n) is 12.4. The molecule has 1 atom stereocenters. The van der Waals surface area contributed by atoms with Gasteiger partial charge in [0.2, 0.25) is 11.8 Å². The predicted octanol–water partition coefficient (Wildman–Crippen LogP) is 1.94. The first kappa shape index (κ1) is 14.4. The average Bonchev–Trinajstić information content (AvgIpc) is 2.40. The van der Waals surface area contributed by atoms with Crippen LogP contribution < -0.4 is 5.32 Å². The van der Waals surface area contributed by atoms with Crippen molar-refractivity contribution in [3.63, 3.8) is 0 Å². The van der Waals surface area contributed by atoms with E-state index in [1.54, 1.807) is 0 Å². The molecule has 2 amide bonds. The zero-order valence-corrected chi connectivity index (χ0v) is 12.4. The Balaban J connectivity index is 2.04. The molecule has 0 aromatic rings. The minimum atomic E-state index is -0.321. The highest BCUT2D eigenvalue weighted by Crippen LogP contribution is 2.41. The van der Waals surface area contributed by atoms with Gasteiger partial charge in [0.05, 0.1) is 0 Å². The Morgan fingerprint density at radius 2 is 2.05 bits per heavy atom. The molecular weight excluding hydrogens is 240 g/mol. The van der Waals surface area contributed by atoms with Crippen LogP contribution in [-0.2, 0) is 9.59 Å². The Morgan fingerprint density at radius 1 is 1.37 bits per heavy atom. The smallest absolute Gasteiger partial charge is 0.245 e. The van der Waals surface area contributed by atoms with Gasteiger partial charge in [-0.1, -0.05) is 27.2 Å². The van der Waals surface area contributed by atoms with Gasteiger partial charge in [-0.25, -0.2) is 0 Å². The van der Waals surface area contributed by atoms with Crippen LogP contribution in [0.5, 0.6) is 0 Å². The number of amides is 2. The molecule has 108 valence electrons. The lowest BCUT2D eigenvalue weighted by Gasteiger charge is -2.42. The molecular formula is C15H26N2O2. The van der Waals surface area contributed by atoms with Crippen LogP contribution in [0.4, 0.5) is 0 Å². The highest BCUT2D eigenvalue weighted by Gasteiger charge is 2.38. The first-order valence-corrected chi connectivity index (χ1v) is 7.48. The molecule has 1 saturated carbocycles. The molecule has 0 radical (unpaired) electrons. The molecule has 2 rings (SSSR count). The summed E-state index contributed by atoms with van der Waals surface area (Å²) in [6, 6.07) is -0.321. The zero-order chi connectivity index (χ0) is 14.0. The lowest BCUT2D eigenvalue weighted by Crippen LogP contribution is -2.49. The topological polar surface area (TPSA) is 49.4 Å². The summed E-state index contributed by atoms with van der Waals surface area (Å²) in [5, 5.41) is 2.88. The molecule has 1 N–H and O–H groups in total. The maximum atomic E-state index is 12.6. The monoisotopic (exact) mass is 266 g/mol. The minimum absolute atomic E-state index is 0.0141. The highest BCUT2D eigenvalue weighted by molar-refractivity contribution is 5.90. The maximum Gasteiger partial charge on any atom is 0.245 e. The van der Waals surface area contributed by atoms with Crippen molar-refractivity contribution < 1.29 is 9.59 Å². The highest BCUT2D eigenvalue weighted by atomic mass is 16.2. The first-order valence-electron chi connectivity index (χ1n) is 7.48. The van der Waals surface area contributed by atoms with Gasteiger partial charge in [0.1, 0.15) is 6.04 Å². The summed E-state index contributed by atoms with van der Waals surface area (Å²) in [7, 11) is 0. The Kier molecular flexibility index (Phi) is 4.16. The van der Waals surface area contributed by atoms with Crippen LogP contribution in [0.3, 0.4) is 0 Å². The second-order valence-corrected chi connectivity index (χ2v) is 6.92. The molecule has 4 heteroatoms. The van der Waals surface area contributed by atoms with Crippen LogP contribution in [-0.4, -0.2) is 35.8 Å². The van der Waals surface area contributed by atoms with E-state index in [4.69, 9.17) is 0 Å².